The molecule has 2 rings (SSSR count). The lowest BCUT2D eigenvalue weighted by atomic mass is 9.92. The minimum absolute atomic E-state index is 0.183. The quantitative estimate of drug-likeness (QED) is 0.772. The van der Waals surface area contributed by atoms with Crippen LogP contribution in [0, 0.1) is 5.92 Å². The first-order chi connectivity index (χ1) is 9.99. The summed E-state index contributed by atoms with van der Waals surface area (Å²) in [5.74, 6) is 0.815. The first kappa shape index (κ1) is 15.8. The van der Waals surface area contributed by atoms with Gasteiger partial charge in [-0.05, 0) is 50.7 Å². The van der Waals surface area contributed by atoms with Crippen molar-refractivity contribution in [3.05, 3.63) is 29.8 Å². The van der Waals surface area contributed by atoms with E-state index in [2.05, 4.69) is 12.2 Å². The third-order valence-electron chi connectivity index (χ3n) is 4.07. The summed E-state index contributed by atoms with van der Waals surface area (Å²) < 4.78 is 5.99. The van der Waals surface area contributed by atoms with E-state index in [1.165, 1.54) is 0 Å². The molecule has 116 valence electrons. The van der Waals surface area contributed by atoms with E-state index in [0.29, 0.717) is 6.61 Å². The normalized spacial score (nSPS) is 17.5. The van der Waals surface area contributed by atoms with Crippen LogP contribution in [0.1, 0.15) is 39.2 Å². The van der Waals surface area contributed by atoms with Gasteiger partial charge in [0.2, 0.25) is 5.91 Å². The second-order valence-electron chi connectivity index (χ2n) is 6.16. The van der Waals surface area contributed by atoms with Crippen LogP contribution in [0.2, 0.25) is 0 Å². The van der Waals surface area contributed by atoms with E-state index in [4.69, 9.17) is 10.5 Å². The summed E-state index contributed by atoms with van der Waals surface area (Å²) in [5, 5.41) is 3.36. The maximum atomic E-state index is 12.1. The van der Waals surface area contributed by atoms with E-state index in [-0.39, 0.29) is 17.9 Å². The molecule has 4 heteroatoms. The molecule has 21 heavy (non-hydrogen) atoms. The van der Waals surface area contributed by atoms with Crippen molar-refractivity contribution in [2.45, 2.75) is 51.6 Å². The van der Waals surface area contributed by atoms with Gasteiger partial charge in [-0.3, -0.25) is 10.1 Å². The van der Waals surface area contributed by atoms with Gasteiger partial charge in [0.05, 0.1) is 0 Å². The van der Waals surface area contributed by atoms with Gasteiger partial charge in [-0.25, -0.2) is 0 Å². The van der Waals surface area contributed by atoms with Gasteiger partial charge in [-0.2, -0.15) is 0 Å². The molecule has 0 heterocycles. The lowest BCUT2D eigenvalue weighted by Gasteiger charge is -2.34. The zero-order valence-corrected chi connectivity index (χ0v) is 13.2. The van der Waals surface area contributed by atoms with E-state index in [9.17, 15) is 4.79 Å². The molecule has 1 aromatic carbocycles. The topological polar surface area (TPSA) is 64.3 Å². The molecule has 1 unspecified atom stereocenters. The number of hydrogen-bond donors (Lipinski definition) is 2. The number of rotatable bonds is 8. The summed E-state index contributed by atoms with van der Waals surface area (Å²) in [6.07, 6.45) is 2.96. The Bertz CT molecular complexity index is 497. The van der Waals surface area contributed by atoms with Crippen LogP contribution in [0.15, 0.2) is 24.3 Å². The Morgan fingerprint density at radius 2 is 2.10 bits per heavy atom. The van der Waals surface area contributed by atoms with Crippen LogP contribution in [0.25, 0.3) is 0 Å². The zero-order valence-electron chi connectivity index (χ0n) is 13.2. The largest absolute Gasteiger partial charge is 0.491 e. The smallest absolute Gasteiger partial charge is 0.241 e. The molecule has 0 aromatic heterocycles. The number of hydrogen-bond acceptors (Lipinski definition) is 3. The first-order valence-corrected chi connectivity index (χ1v) is 7.78. The number of primary amides is 1. The Hall–Kier alpha value is -1.55. The molecular formula is C17H26N2O2. The zero-order chi connectivity index (χ0) is 15.5. The maximum Gasteiger partial charge on any atom is 0.241 e. The lowest BCUT2D eigenvalue weighted by molar-refractivity contribution is -0.127. The Morgan fingerprint density at radius 1 is 1.43 bits per heavy atom. The monoisotopic (exact) mass is 290 g/mol. The summed E-state index contributed by atoms with van der Waals surface area (Å²) in [6, 6.07) is 8.14. The highest BCUT2D eigenvalue weighted by Crippen LogP contribution is 2.40. The van der Waals surface area contributed by atoms with Crippen molar-refractivity contribution in [2.75, 3.05) is 6.61 Å². The number of benzene rings is 1. The Morgan fingerprint density at radius 3 is 2.62 bits per heavy atom. The number of aryl methyl sites for hydroxylation is 1. The third kappa shape index (κ3) is 3.56. The van der Waals surface area contributed by atoms with Gasteiger partial charge in [-0.15, -0.1) is 0 Å². The Balaban J connectivity index is 2.17. The molecule has 0 saturated heterocycles. The molecule has 3 N–H and O–H groups in total. The summed E-state index contributed by atoms with van der Waals surface area (Å²) in [6.45, 7) is 6.44. The molecule has 1 fully saturated rings. The molecule has 1 atom stereocenters. The highest BCUT2D eigenvalue weighted by molar-refractivity contribution is 5.86. The number of para-hydroxylation sites is 1. The van der Waals surface area contributed by atoms with Gasteiger partial charge in [-0.1, -0.05) is 25.1 Å². The average Bonchev–Trinajstić information content (AvgIpc) is 3.28. The first-order valence-electron chi connectivity index (χ1n) is 7.78. The van der Waals surface area contributed by atoms with Crippen LogP contribution < -0.4 is 15.8 Å². The number of carbonyl (C=O) groups excluding carboxylic acids is 1. The fourth-order valence-electron chi connectivity index (χ4n) is 2.84. The molecule has 1 aliphatic rings. The Kier molecular flexibility index (Phi) is 4.88. The van der Waals surface area contributed by atoms with Crippen molar-refractivity contribution in [3.8, 4) is 5.75 Å². The van der Waals surface area contributed by atoms with Gasteiger partial charge in [0.25, 0.3) is 0 Å². The van der Waals surface area contributed by atoms with Gasteiger partial charge in [0.15, 0.2) is 0 Å². The number of carbonyl (C=O) groups is 1. The standard InChI is InChI=1S/C17H26N2O2/c1-4-13-7-5-6-8-15(13)21-11-17(16(18)20,14-9-10-14)19-12(2)3/h5-8,12,14,19H,4,9-11H2,1-3H3,(H2,18,20). The van der Waals surface area contributed by atoms with E-state index < -0.39 is 5.54 Å². The minimum atomic E-state index is -0.755. The summed E-state index contributed by atoms with van der Waals surface area (Å²) in [5.41, 5.74) is 6.11. The molecule has 0 bridgehead atoms. The van der Waals surface area contributed by atoms with Crippen LogP contribution in [-0.4, -0.2) is 24.1 Å². The highest BCUT2D eigenvalue weighted by Gasteiger charge is 2.51. The van der Waals surface area contributed by atoms with Crippen LogP contribution >= 0.6 is 0 Å². The summed E-state index contributed by atoms with van der Waals surface area (Å²) in [7, 11) is 0. The van der Waals surface area contributed by atoms with E-state index in [1.54, 1.807) is 0 Å². The second-order valence-corrected chi connectivity index (χ2v) is 6.16. The number of nitrogens with two attached hydrogens (primary N) is 1. The predicted molar refractivity (Wildman–Crippen MR) is 84.2 cm³/mol. The SMILES string of the molecule is CCc1ccccc1OCC(NC(C)C)(C(N)=O)C1CC1. The molecule has 4 nitrogen and oxygen atoms in total. The van der Waals surface area contributed by atoms with Crippen molar-refractivity contribution >= 4 is 5.91 Å². The minimum Gasteiger partial charge on any atom is -0.491 e. The van der Waals surface area contributed by atoms with Gasteiger partial charge in [0, 0.05) is 6.04 Å². The van der Waals surface area contributed by atoms with E-state index in [0.717, 1.165) is 30.6 Å². The lowest BCUT2D eigenvalue weighted by Crippen LogP contribution is -2.62. The molecule has 1 saturated carbocycles. The number of nitrogens with one attached hydrogen (secondary N) is 1. The Labute approximate surface area is 127 Å². The van der Waals surface area contributed by atoms with Crippen LogP contribution in [0.4, 0.5) is 0 Å². The van der Waals surface area contributed by atoms with Gasteiger partial charge >= 0.3 is 0 Å². The van der Waals surface area contributed by atoms with E-state index in [1.807, 2.05) is 38.1 Å². The highest BCUT2D eigenvalue weighted by atomic mass is 16.5. The average molecular weight is 290 g/mol. The van der Waals surface area contributed by atoms with Crippen LogP contribution in [0.5, 0.6) is 5.75 Å². The van der Waals surface area contributed by atoms with Crippen molar-refractivity contribution in [1.29, 1.82) is 0 Å². The molecular weight excluding hydrogens is 264 g/mol. The molecule has 1 aromatic rings. The number of ether oxygens (including phenoxy) is 1. The molecule has 0 aliphatic heterocycles. The van der Waals surface area contributed by atoms with Crippen LogP contribution in [-0.2, 0) is 11.2 Å². The van der Waals surface area contributed by atoms with Crippen LogP contribution in [0.3, 0.4) is 0 Å². The fraction of sp³-hybridized carbons (Fsp3) is 0.588. The maximum absolute atomic E-state index is 12.1. The summed E-state index contributed by atoms with van der Waals surface area (Å²) in [4.78, 5) is 12.1. The predicted octanol–water partition coefficient (Wildman–Crippen LogP) is 2.26. The van der Waals surface area contributed by atoms with Crippen molar-refractivity contribution in [2.24, 2.45) is 11.7 Å². The van der Waals surface area contributed by atoms with Gasteiger partial charge in [0.1, 0.15) is 17.9 Å². The second kappa shape index (κ2) is 6.48. The van der Waals surface area contributed by atoms with Gasteiger partial charge < -0.3 is 10.5 Å². The molecule has 1 aliphatic carbocycles. The molecule has 1 amide bonds. The number of amides is 1. The van der Waals surface area contributed by atoms with E-state index >= 15 is 0 Å². The van der Waals surface area contributed by atoms with Crippen molar-refractivity contribution < 1.29 is 9.53 Å². The van der Waals surface area contributed by atoms with Crippen molar-refractivity contribution in [1.82, 2.24) is 5.32 Å². The van der Waals surface area contributed by atoms with Crippen molar-refractivity contribution in [3.63, 3.8) is 0 Å². The fourth-order valence-corrected chi connectivity index (χ4v) is 2.84. The third-order valence-corrected chi connectivity index (χ3v) is 4.07. The molecule has 0 spiro atoms. The molecule has 0 radical (unpaired) electrons. The summed E-state index contributed by atoms with van der Waals surface area (Å²) >= 11 is 0.